The lowest BCUT2D eigenvalue weighted by Crippen LogP contribution is -2.39. The third-order valence-corrected chi connectivity index (χ3v) is 5.08. The van der Waals surface area contributed by atoms with E-state index in [0.29, 0.717) is 28.8 Å². The molecule has 158 valence electrons. The summed E-state index contributed by atoms with van der Waals surface area (Å²) in [6.45, 7) is 1.71. The molecule has 11 heteroatoms. The normalized spacial score (nSPS) is 19.1. The van der Waals surface area contributed by atoms with Crippen LogP contribution in [0, 0.1) is 6.92 Å². The van der Waals surface area contributed by atoms with E-state index in [2.05, 4.69) is 25.3 Å². The van der Waals surface area contributed by atoms with Gasteiger partial charge in [0.25, 0.3) is 5.92 Å². The van der Waals surface area contributed by atoms with Crippen LogP contribution in [0.5, 0.6) is 11.5 Å². The molecule has 9 nitrogen and oxygen atoms in total. The Hall–Kier alpha value is -3.50. The van der Waals surface area contributed by atoms with Crippen LogP contribution in [-0.4, -0.2) is 56.7 Å². The Morgan fingerprint density at radius 1 is 1.27 bits per heavy atom. The minimum Gasteiger partial charge on any atom is -0.493 e. The summed E-state index contributed by atoms with van der Waals surface area (Å²) in [7, 11) is 1.55. The second kappa shape index (κ2) is 6.78. The molecule has 3 aromatic heterocycles. The Balaban J connectivity index is 0.00000231. The van der Waals surface area contributed by atoms with Crippen molar-refractivity contribution in [1.82, 2.24) is 24.5 Å². The SMILES string of the molecule is COc1cc(Nc2ncc3c(n2)N2CC(F)(F)C[C@H]2CO3)cnc1-n1cnc(C)c1.[HH]. The molecular formula is C19H21F2N7O2. The van der Waals surface area contributed by atoms with Gasteiger partial charge in [-0.2, -0.15) is 4.98 Å². The summed E-state index contributed by atoms with van der Waals surface area (Å²) in [5.41, 5.74) is 1.45. The number of halogens is 2. The van der Waals surface area contributed by atoms with E-state index in [1.54, 1.807) is 35.2 Å². The van der Waals surface area contributed by atoms with Crippen LogP contribution >= 0.6 is 0 Å². The van der Waals surface area contributed by atoms with Gasteiger partial charge in [0.2, 0.25) is 5.95 Å². The maximum Gasteiger partial charge on any atom is 0.267 e. The predicted octanol–water partition coefficient (Wildman–Crippen LogP) is 2.97. The number of nitrogens with zero attached hydrogens (tertiary/aromatic N) is 6. The Bertz CT molecular complexity index is 1110. The number of ether oxygens (including phenoxy) is 2. The van der Waals surface area contributed by atoms with Crippen LogP contribution in [0.4, 0.5) is 26.2 Å². The quantitative estimate of drug-likeness (QED) is 0.693. The van der Waals surface area contributed by atoms with E-state index in [1.165, 1.54) is 6.20 Å². The average Bonchev–Trinajstić information content (AvgIpc) is 3.29. The number of anilines is 3. The molecule has 1 saturated heterocycles. The second-order valence-electron chi connectivity index (χ2n) is 7.33. The topological polar surface area (TPSA) is 90.2 Å². The average molecular weight is 417 g/mol. The highest BCUT2D eigenvalue weighted by atomic mass is 19.3. The number of nitrogens with one attached hydrogen (secondary N) is 1. The van der Waals surface area contributed by atoms with Gasteiger partial charge in [-0.15, -0.1) is 0 Å². The van der Waals surface area contributed by atoms with Crippen LogP contribution in [0.15, 0.2) is 31.0 Å². The molecular weight excluding hydrogens is 396 g/mol. The molecule has 0 saturated carbocycles. The molecule has 2 aliphatic heterocycles. The molecule has 1 fully saturated rings. The van der Waals surface area contributed by atoms with Crippen molar-refractivity contribution < 1.29 is 19.7 Å². The second-order valence-corrected chi connectivity index (χ2v) is 7.33. The number of pyridine rings is 1. The number of hydrogen-bond donors (Lipinski definition) is 1. The maximum absolute atomic E-state index is 13.9. The lowest BCUT2D eigenvalue weighted by atomic mass is 10.2. The minimum atomic E-state index is -2.76. The van der Waals surface area contributed by atoms with Crippen molar-refractivity contribution in [2.45, 2.75) is 25.3 Å². The lowest BCUT2D eigenvalue weighted by molar-refractivity contribution is 0.0211. The molecule has 0 aliphatic carbocycles. The summed E-state index contributed by atoms with van der Waals surface area (Å²) >= 11 is 0. The Morgan fingerprint density at radius 2 is 2.13 bits per heavy atom. The smallest absolute Gasteiger partial charge is 0.267 e. The van der Waals surface area contributed by atoms with E-state index in [9.17, 15) is 8.78 Å². The van der Waals surface area contributed by atoms with Gasteiger partial charge in [0.05, 0.1) is 43.5 Å². The zero-order chi connectivity index (χ0) is 20.9. The largest absolute Gasteiger partial charge is 0.493 e. The molecule has 0 unspecified atom stereocenters. The third-order valence-electron chi connectivity index (χ3n) is 5.08. The highest BCUT2D eigenvalue weighted by Gasteiger charge is 2.48. The van der Waals surface area contributed by atoms with Crippen LogP contribution in [0.25, 0.3) is 5.82 Å². The first kappa shape index (κ1) is 18.5. The minimum absolute atomic E-state index is 0. The van der Waals surface area contributed by atoms with Gasteiger partial charge in [0.15, 0.2) is 23.1 Å². The number of aromatic nitrogens is 5. The van der Waals surface area contributed by atoms with Crippen molar-refractivity contribution in [1.29, 1.82) is 0 Å². The van der Waals surface area contributed by atoms with Crippen LogP contribution in [0.1, 0.15) is 13.5 Å². The fraction of sp³-hybridized carbons (Fsp3) is 0.368. The zero-order valence-electron chi connectivity index (χ0n) is 16.3. The van der Waals surface area contributed by atoms with Crippen LogP contribution in [0.2, 0.25) is 0 Å². The number of fused-ring (bicyclic) bond motifs is 3. The molecule has 0 spiro atoms. The van der Waals surface area contributed by atoms with Gasteiger partial charge < -0.3 is 19.7 Å². The van der Waals surface area contributed by atoms with Gasteiger partial charge in [-0.25, -0.2) is 23.7 Å². The highest BCUT2D eigenvalue weighted by molar-refractivity contribution is 5.62. The fourth-order valence-electron chi connectivity index (χ4n) is 3.73. The Kier molecular flexibility index (Phi) is 4.19. The van der Waals surface area contributed by atoms with Gasteiger partial charge in [0.1, 0.15) is 12.9 Å². The van der Waals surface area contributed by atoms with E-state index in [1.807, 2.05) is 13.1 Å². The van der Waals surface area contributed by atoms with Crippen molar-refractivity contribution in [2.24, 2.45) is 0 Å². The summed E-state index contributed by atoms with van der Waals surface area (Å²) in [4.78, 5) is 18.9. The molecule has 5 rings (SSSR count). The highest BCUT2D eigenvalue weighted by Crippen LogP contribution is 2.41. The van der Waals surface area contributed by atoms with Crippen molar-refractivity contribution in [2.75, 3.05) is 30.5 Å². The van der Waals surface area contributed by atoms with Gasteiger partial charge in [0, 0.05) is 20.1 Å². The lowest BCUT2D eigenvalue weighted by Gasteiger charge is -2.31. The number of methoxy groups -OCH3 is 1. The molecule has 1 atom stereocenters. The number of alkyl halides is 2. The summed E-state index contributed by atoms with van der Waals surface area (Å²) < 4.78 is 40.5. The molecule has 0 bridgehead atoms. The van der Waals surface area contributed by atoms with Gasteiger partial charge in [-0.1, -0.05) is 0 Å². The van der Waals surface area contributed by atoms with Gasteiger partial charge >= 0.3 is 0 Å². The molecule has 5 heterocycles. The maximum atomic E-state index is 13.9. The number of hydrogen-bond acceptors (Lipinski definition) is 8. The van der Waals surface area contributed by atoms with Gasteiger partial charge in [-0.05, 0) is 6.92 Å². The first-order valence-corrected chi connectivity index (χ1v) is 9.38. The summed E-state index contributed by atoms with van der Waals surface area (Å²) in [6, 6.07) is 1.36. The summed E-state index contributed by atoms with van der Waals surface area (Å²) in [6.07, 6.45) is 6.36. The first-order chi connectivity index (χ1) is 14.4. The fourth-order valence-corrected chi connectivity index (χ4v) is 3.73. The number of imidazole rings is 1. The summed E-state index contributed by atoms with van der Waals surface area (Å²) in [5, 5.41) is 3.05. The predicted molar refractivity (Wildman–Crippen MR) is 106 cm³/mol. The van der Waals surface area contributed by atoms with Crippen LogP contribution < -0.4 is 19.7 Å². The molecule has 0 amide bonds. The molecule has 3 aromatic rings. The van der Waals surface area contributed by atoms with E-state index < -0.39 is 12.0 Å². The molecule has 0 aromatic carbocycles. The van der Waals surface area contributed by atoms with Crippen molar-refractivity contribution in [3.63, 3.8) is 0 Å². The molecule has 0 radical (unpaired) electrons. The Morgan fingerprint density at radius 3 is 2.90 bits per heavy atom. The van der Waals surface area contributed by atoms with Crippen molar-refractivity contribution in [3.8, 4) is 17.3 Å². The van der Waals surface area contributed by atoms with Crippen molar-refractivity contribution in [3.05, 3.63) is 36.7 Å². The number of rotatable bonds is 4. The van der Waals surface area contributed by atoms with Gasteiger partial charge in [-0.3, -0.25) is 4.57 Å². The molecule has 1 N–H and O–H groups in total. The number of aryl methyl sites for hydroxylation is 1. The third kappa shape index (κ3) is 3.25. The standard InChI is InChI=1S/C19H19F2N7O2.H2/c1-11-7-27(10-24-11)16-14(29-2)3-12(5-22-16)25-18-23-6-15-17(26-18)28-9-19(20,21)4-13(28)8-30-15;/h3,5-7,10,13H,4,8-9H2,1-2H3,(H,23,25,26);1H/t13-;/m0./s1. The van der Waals surface area contributed by atoms with Crippen LogP contribution in [-0.2, 0) is 0 Å². The van der Waals surface area contributed by atoms with E-state index in [0.717, 1.165) is 5.69 Å². The Labute approximate surface area is 172 Å². The molecule has 30 heavy (non-hydrogen) atoms. The first-order valence-electron chi connectivity index (χ1n) is 9.38. The monoisotopic (exact) mass is 417 g/mol. The van der Waals surface area contributed by atoms with E-state index in [-0.39, 0.29) is 26.9 Å². The van der Waals surface area contributed by atoms with E-state index >= 15 is 0 Å². The molecule has 2 aliphatic rings. The zero-order valence-corrected chi connectivity index (χ0v) is 16.3. The van der Waals surface area contributed by atoms with Crippen molar-refractivity contribution >= 4 is 17.5 Å². The van der Waals surface area contributed by atoms with Crippen LogP contribution in [0.3, 0.4) is 0 Å². The van der Waals surface area contributed by atoms with E-state index in [4.69, 9.17) is 9.47 Å². The summed E-state index contributed by atoms with van der Waals surface area (Å²) in [5.74, 6) is -0.623.